The summed E-state index contributed by atoms with van der Waals surface area (Å²) in [6.45, 7) is 11.4. The van der Waals surface area contributed by atoms with Gasteiger partial charge >= 0.3 is 0 Å². The van der Waals surface area contributed by atoms with E-state index in [4.69, 9.17) is 11.3 Å². The molecule has 5 heteroatoms. The van der Waals surface area contributed by atoms with Crippen LogP contribution in [0.1, 0.15) is 41.0 Å². The molecule has 0 spiro atoms. The van der Waals surface area contributed by atoms with E-state index < -0.39 is 0 Å². The van der Waals surface area contributed by atoms with Crippen LogP contribution in [0, 0.1) is 6.57 Å². The number of methoxy groups -OCH3 is 1. The van der Waals surface area contributed by atoms with Crippen LogP contribution in [0.5, 0.6) is 5.75 Å². The first-order valence-corrected chi connectivity index (χ1v) is 8.64. The number of ether oxygens (including phenoxy) is 1. The molecule has 4 nitrogen and oxygen atoms in total. The van der Waals surface area contributed by atoms with Crippen molar-refractivity contribution in [1.29, 1.82) is 0 Å². The summed E-state index contributed by atoms with van der Waals surface area (Å²) in [4.78, 5) is 20.1. The SMILES string of the molecule is [C-]#[N+]c1ccc2c3c([nH]c2c1)C(C)(C)c1cc(OC)c(Br)cc1C3=O. The molecule has 4 rings (SSSR count). The van der Waals surface area contributed by atoms with E-state index in [9.17, 15) is 4.79 Å². The van der Waals surface area contributed by atoms with E-state index in [0.29, 0.717) is 22.6 Å². The second kappa shape index (κ2) is 5.21. The number of carbonyl (C=O) groups is 1. The van der Waals surface area contributed by atoms with Crippen LogP contribution in [-0.4, -0.2) is 17.9 Å². The summed E-state index contributed by atoms with van der Waals surface area (Å²) in [5, 5.41) is 0.859. The van der Waals surface area contributed by atoms with Gasteiger partial charge in [0.1, 0.15) is 5.75 Å². The molecule has 0 fully saturated rings. The largest absolute Gasteiger partial charge is 0.496 e. The number of rotatable bonds is 1. The predicted octanol–water partition coefficient (Wildman–Crippen LogP) is 5.36. The summed E-state index contributed by atoms with van der Waals surface area (Å²) in [6, 6.07) is 9.17. The zero-order valence-corrected chi connectivity index (χ0v) is 15.6. The maximum atomic E-state index is 13.2. The zero-order chi connectivity index (χ0) is 17.9. The molecule has 0 saturated heterocycles. The Morgan fingerprint density at radius 1 is 1.24 bits per heavy atom. The van der Waals surface area contributed by atoms with Crippen LogP contribution in [0.4, 0.5) is 5.69 Å². The molecule has 0 radical (unpaired) electrons. The van der Waals surface area contributed by atoms with Gasteiger partial charge in [-0.25, -0.2) is 4.85 Å². The fourth-order valence-corrected chi connectivity index (χ4v) is 4.15. The van der Waals surface area contributed by atoms with Gasteiger partial charge in [0.15, 0.2) is 11.5 Å². The molecule has 0 amide bonds. The number of aromatic amines is 1. The monoisotopic (exact) mass is 394 g/mol. The van der Waals surface area contributed by atoms with E-state index in [2.05, 4.69) is 39.6 Å². The molecule has 1 N–H and O–H groups in total. The molecule has 0 aliphatic heterocycles. The fourth-order valence-electron chi connectivity index (χ4n) is 3.64. The quantitative estimate of drug-likeness (QED) is 0.564. The third-order valence-electron chi connectivity index (χ3n) is 4.97. The molecule has 0 unspecified atom stereocenters. The molecule has 25 heavy (non-hydrogen) atoms. The van der Waals surface area contributed by atoms with Crippen molar-refractivity contribution in [2.75, 3.05) is 7.11 Å². The molecule has 0 atom stereocenters. The summed E-state index contributed by atoms with van der Waals surface area (Å²) in [7, 11) is 1.62. The van der Waals surface area contributed by atoms with Crippen LogP contribution >= 0.6 is 15.9 Å². The Balaban J connectivity index is 2.07. The molecule has 3 aromatic rings. The van der Waals surface area contributed by atoms with Crippen molar-refractivity contribution >= 4 is 38.3 Å². The maximum absolute atomic E-state index is 13.2. The number of carbonyl (C=O) groups excluding carboxylic acids is 1. The van der Waals surface area contributed by atoms with Gasteiger partial charge in [-0.3, -0.25) is 4.79 Å². The Bertz CT molecular complexity index is 1100. The van der Waals surface area contributed by atoms with Gasteiger partial charge in [0.2, 0.25) is 0 Å². The molecule has 1 aliphatic carbocycles. The standard InChI is InChI=1S/C20H15BrN2O2/c1-20(2)13-9-16(25-4)14(21)8-12(13)18(24)17-11-6-5-10(22-3)7-15(11)23-19(17)20/h5-9,23H,1-2,4H3. The summed E-state index contributed by atoms with van der Waals surface area (Å²) < 4.78 is 6.18. The van der Waals surface area contributed by atoms with E-state index >= 15 is 0 Å². The Labute approximate surface area is 153 Å². The average molecular weight is 395 g/mol. The van der Waals surface area contributed by atoms with E-state index in [1.807, 2.05) is 18.2 Å². The first kappa shape index (κ1) is 15.9. The van der Waals surface area contributed by atoms with Crippen molar-refractivity contribution < 1.29 is 9.53 Å². The van der Waals surface area contributed by atoms with Crippen LogP contribution < -0.4 is 4.74 Å². The normalized spacial score (nSPS) is 14.8. The van der Waals surface area contributed by atoms with Gasteiger partial charge in [0.05, 0.1) is 23.7 Å². The van der Waals surface area contributed by atoms with Gasteiger partial charge in [0, 0.05) is 27.6 Å². The van der Waals surface area contributed by atoms with Crippen molar-refractivity contribution in [2.24, 2.45) is 0 Å². The summed E-state index contributed by atoms with van der Waals surface area (Å²) in [6.07, 6.45) is 0. The molecular weight excluding hydrogens is 380 g/mol. The lowest BCUT2D eigenvalue weighted by atomic mass is 9.71. The number of hydrogen-bond acceptors (Lipinski definition) is 2. The lowest BCUT2D eigenvalue weighted by Gasteiger charge is -2.32. The van der Waals surface area contributed by atoms with E-state index in [0.717, 1.165) is 26.6 Å². The van der Waals surface area contributed by atoms with Crippen LogP contribution in [0.2, 0.25) is 0 Å². The van der Waals surface area contributed by atoms with E-state index in [1.165, 1.54) is 0 Å². The third kappa shape index (κ3) is 2.07. The minimum atomic E-state index is -0.385. The van der Waals surface area contributed by atoms with Gasteiger partial charge in [-0.05, 0) is 39.7 Å². The second-order valence-corrected chi connectivity index (χ2v) is 7.56. The van der Waals surface area contributed by atoms with Crippen LogP contribution in [-0.2, 0) is 5.41 Å². The maximum Gasteiger partial charge on any atom is 0.195 e. The van der Waals surface area contributed by atoms with Crippen molar-refractivity contribution in [3.8, 4) is 5.75 Å². The number of nitrogens with zero attached hydrogens (tertiary/aromatic N) is 1. The highest BCUT2D eigenvalue weighted by Gasteiger charge is 2.40. The van der Waals surface area contributed by atoms with Gasteiger partial charge in [0.25, 0.3) is 0 Å². The number of ketones is 1. The number of fused-ring (bicyclic) bond motifs is 4. The van der Waals surface area contributed by atoms with Crippen molar-refractivity contribution in [2.45, 2.75) is 19.3 Å². The van der Waals surface area contributed by atoms with E-state index in [1.54, 1.807) is 19.2 Å². The average Bonchev–Trinajstić information content (AvgIpc) is 2.99. The topological polar surface area (TPSA) is 46.5 Å². The number of H-pyrrole nitrogens is 1. The number of halogens is 1. The molecule has 2 aromatic carbocycles. The zero-order valence-electron chi connectivity index (χ0n) is 14.0. The highest BCUT2D eigenvalue weighted by Crippen LogP contribution is 2.46. The fraction of sp³-hybridized carbons (Fsp3) is 0.200. The Morgan fingerprint density at radius 2 is 2.00 bits per heavy atom. The Kier molecular flexibility index (Phi) is 3.32. The minimum Gasteiger partial charge on any atom is -0.496 e. The molecule has 1 heterocycles. The number of aromatic nitrogens is 1. The number of hydrogen-bond donors (Lipinski definition) is 1. The van der Waals surface area contributed by atoms with Crippen molar-refractivity contribution in [1.82, 2.24) is 4.98 Å². The van der Waals surface area contributed by atoms with Gasteiger partial charge < -0.3 is 9.72 Å². The number of nitrogens with one attached hydrogen (secondary N) is 1. The smallest absolute Gasteiger partial charge is 0.195 e. The van der Waals surface area contributed by atoms with Gasteiger partial charge in [-0.2, -0.15) is 0 Å². The molecule has 1 aliphatic rings. The Hall–Kier alpha value is -2.58. The lowest BCUT2D eigenvalue weighted by molar-refractivity contribution is 0.103. The summed E-state index contributed by atoms with van der Waals surface area (Å²) in [5.41, 5.74) is 4.18. The molecule has 1 aromatic heterocycles. The first-order valence-electron chi connectivity index (χ1n) is 7.85. The van der Waals surface area contributed by atoms with Gasteiger partial charge in [-0.15, -0.1) is 0 Å². The number of benzene rings is 2. The van der Waals surface area contributed by atoms with Gasteiger partial charge in [-0.1, -0.05) is 26.0 Å². The molecule has 0 saturated carbocycles. The molecule has 124 valence electrons. The first-order chi connectivity index (χ1) is 11.9. The second-order valence-electron chi connectivity index (χ2n) is 6.70. The Morgan fingerprint density at radius 3 is 2.68 bits per heavy atom. The van der Waals surface area contributed by atoms with Crippen LogP contribution in [0.15, 0.2) is 34.8 Å². The lowest BCUT2D eigenvalue weighted by Crippen LogP contribution is -2.30. The third-order valence-corrected chi connectivity index (χ3v) is 5.59. The van der Waals surface area contributed by atoms with Crippen molar-refractivity contribution in [3.05, 3.63) is 68.6 Å². The molecule has 0 bridgehead atoms. The van der Waals surface area contributed by atoms with Crippen LogP contribution in [0.3, 0.4) is 0 Å². The highest BCUT2D eigenvalue weighted by molar-refractivity contribution is 9.10. The van der Waals surface area contributed by atoms with Crippen molar-refractivity contribution in [3.63, 3.8) is 0 Å². The summed E-state index contributed by atoms with van der Waals surface area (Å²) >= 11 is 3.48. The van der Waals surface area contributed by atoms with Crippen LogP contribution in [0.25, 0.3) is 15.7 Å². The van der Waals surface area contributed by atoms with E-state index in [-0.39, 0.29) is 11.2 Å². The predicted molar refractivity (Wildman–Crippen MR) is 101 cm³/mol. The summed E-state index contributed by atoms with van der Waals surface area (Å²) in [5.74, 6) is 0.698. The highest BCUT2D eigenvalue weighted by atomic mass is 79.9. The molecular formula is C20H15BrN2O2. The minimum absolute atomic E-state index is 0.00510.